The zero-order valence-electron chi connectivity index (χ0n) is 30.9. The van der Waals surface area contributed by atoms with Crippen molar-refractivity contribution in [2.24, 2.45) is 0 Å². The molecule has 0 fully saturated rings. The highest BCUT2D eigenvalue weighted by Crippen LogP contribution is 2.47. The van der Waals surface area contributed by atoms with Crippen LogP contribution in [0.4, 0.5) is 11.4 Å². The molecule has 0 aliphatic carbocycles. The Morgan fingerprint density at radius 1 is 0.882 bits per heavy atom. The van der Waals surface area contributed by atoms with Crippen molar-refractivity contribution in [1.29, 1.82) is 0 Å². The highest BCUT2D eigenvalue weighted by molar-refractivity contribution is 7.52. The standard InChI is InChI=1S/C34H59N5O11P/c1-5-6-7-8-9-10-11-12-13-14-16-19-31(40)46-26-28(27-48-51(44,45)47-25-24-39(2,3)4)49-32(41)20-17-15-18-23-35-29-21-22-30(38(42)43)34-33(29)36-50-37-34/h21-22,28H,5-20,23-27H2,1-4H3,(H2-,35,37,42,43,44,45)/q+1/p+1/t28-/m1/s1. The van der Waals surface area contributed by atoms with E-state index < -0.39 is 32.8 Å². The lowest BCUT2D eigenvalue weighted by molar-refractivity contribution is -0.870. The first-order valence-electron chi connectivity index (χ1n) is 18.2. The second kappa shape index (κ2) is 24.3. The van der Waals surface area contributed by atoms with Gasteiger partial charge in [0, 0.05) is 25.5 Å². The Bertz CT molecular complexity index is 1310. The van der Waals surface area contributed by atoms with Crippen LogP contribution in [-0.4, -0.2) is 102 Å². The van der Waals surface area contributed by atoms with E-state index in [9.17, 15) is 29.5 Å². The van der Waals surface area contributed by atoms with E-state index in [1.165, 1.54) is 51.0 Å². The lowest BCUT2D eigenvalue weighted by atomic mass is 10.1. The van der Waals surface area contributed by atoms with Crippen LogP contribution in [0.25, 0.3) is 11.0 Å². The Morgan fingerprint density at radius 2 is 1.47 bits per heavy atom. The van der Waals surface area contributed by atoms with Gasteiger partial charge in [-0.05, 0) is 35.6 Å². The van der Waals surface area contributed by atoms with E-state index in [0.29, 0.717) is 54.5 Å². The molecule has 1 aromatic heterocycles. The van der Waals surface area contributed by atoms with Crippen LogP contribution in [0.5, 0.6) is 0 Å². The van der Waals surface area contributed by atoms with Crippen LogP contribution >= 0.6 is 8.17 Å². The fraction of sp³-hybridized carbons (Fsp3) is 0.765. The van der Waals surface area contributed by atoms with Crippen molar-refractivity contribution < 1.29 is 57.1 Å². The number of carbonyl (C=O) groups is 2. The number of nitrogens with one attached hydrogen (secondary N) is 1. The number of phosphoric acid groups is 1. The number of hydrogen-bond donors (Lipinski definition) is 3. The Hall–Kier alpha value is -3.01. The number of phosphoric ester groups is 1. The maximum atomic E-state index is 12.7. The number of hydrogen-bond acceptors (Lipinski definition) is 13. The fourth-order valence-corrected chi connectivity index (χ4v) is 5.88. The van der Waals surface area contributed by atoms with Gasteiger partial charge in [0.2, 0.25) is 5.52 Å². The molecule has 0 aliphatic heterocycles. The predicted molar refractivity (Wildman–Crippen MR) is 190 cm³/mol. The van der Waals surface area contributed by atoms with Crippen LogP contribution in [0.2, 0.25) is 0 Å². The molecule has 290 valence electrons. The Balaban J connectivity index is 1.74. The van der Waals surface area contributed by atoms with Gasteiger partial charge in [0.1, 0.15) is 26.4 Å². The molecule has 1 aromatic carbocycles. The van der Waals surface area contributed by atoms with Crippen LogP contribution in [0, 0.1) is 4.91 Å². The number of anilines is 1. The van der Waals surface area contributed by atoms with E-state index in [2.05, 4.69) is 22.6 Å². The minimum absolute atomic E-state index is 0.0163. The van der Waals surface area contributed by atoms with Crippen LogP contribution in [-0.2, 0) is 28.1 Å². The quantitative estimate of drug-likeness (QED) is 0.0279. The van der Waals surface area contributed by atoms with Gasteiger partial charge in [0.05, 0.1) is 31.7 Å². The van der Waals surface area contributed by atoms with Crippen molar-refractivity contribution in [1.82, 2.24) is 10.3 Å². The van der Waals surface area contributed by atoms with E-state index in [1.807, 2.05) is 21.1 Å². The molecule has 0 radical (unpaired) electrons. The zero-order valence-corrected chi connectivity index (χ0v) is 31.8. The molecule has 0 saturated heterocycles. The SMILES string of the molecule is CCCCCCCCCCCCCC(=O)OC[C@H](CO[P+]([O-])(O)OCC[N+](C)(C)C)OC(=O)CCCCCNc1ccc([N+](=O)O)c2nonc12. The normalized spacial score (nSPS) is 13.5. The lowest BCUT2D eigenvalue weighted by Crippen LogP contribution is -2.38. The molecule has 0 saturated carbocycles. The van der Waals surface area contributed by atoms with Gasteiger partial charge < -0.3 is 24.2 Å². The van der Waals surface area contributed by atoms with Gasteiger partial charge in [-0.25, -0.2) is 9.84 Å². The Morgan fingerprint density at radius 3 is 2.10 bits per heavy atom. The van der Waals surface area contributed by atoms with Gasteiger partial charge >= 0.3 is 25.8 Å². The summed E-state index contributed by atoms with van der Waals surface area (Å²) in [5, 5.41) is 19.8. The van der Waals surface area contributed by atoms with E-state index in [0.717, 1.165) is 19.3 Å². The summed E-state index contributed by atoms with van der Waals surface area (Å²) in [7, 11) is 1.31. The number of rotatable bonds is 30. The van der Waals surface area contributed by atoms with Crippen molar-refractivity contribution in [3.05, 3.63) is 17.0 Å². The molecule has 16 nitrogen and oxygen atoms in total. The molecular formula is C34H60N5O11P+2. The largest absolute Gasteiger partial charge is 0.606 e. The van der Waals surface area contributed by atoms with Crippen molar-refractivity contribution >= 4 is 42.5 Å². The summed E-state index contributed by atoms with van der Waals surface area (Å²) >= 11 is 0. The summed E-state index contributed by atoms with van der Waals surface area (Å²) < 4.78 is 26.2. The third-order valence-corrected chi connectivity index (χ3v) is 9.11. The van der Waals surface area contributed by atoms with Crippen LogP contribution < -0.4 is 10.2 Å². The van der Waals surface area contributed by atoms with Gasteiger partial charge in [-0.3, -0.25) is 9.59 Å². The van der Waals surface area contributed by atoms with E-state index >= 15 is 0 Å². The number of ether oxygens (including phenoxy) is 2. The maximum Gasteiger partial charge on any atom is 0.377 e. The monoisotopic (exact) mass is 745 g/mol. The molecule has 17 heteroatoms. The fourth-order valence-electron chi connectivity index (χ4n) is 5.14. The molecule has 0 spiro atoms. The number of carbonyl (C=O) groups excluding carboxylic acids is 2. The number of esters is 2. The second-order valence-corrected chi connectivity index (χ2v) is 15.2. The second-order valence-electron chi connectivity index (χ2n) is 13.8. The molecule has 2 rings (SSSR count). The molecule has 2 aromatic rings. The first-order chi connectivity index (χ1) is 24.3. The van der Waals surface area contributed by atoms with E-state index in [4.69, 9.17) is 23.2 Å². The van der Waals surface area contributed by atoms with Crippen molar-refractivity contribution in [2.45, 2.75) is 116 Å². The number of likely N-dealkylation sites (N-methyl/N-ethyl adjacent to an activating group) is 1. The van der Waals surface area contributed by atoms with Gasteiger partial charge in [-0.1, -0.05) is 77.6 Å². The summed E-state index contributed by atoms with van der Waals surface area (Å²) in [5.74, 6) is -0.991. The maximum absolute atomic E-state index is 12.7. The summed E-state index contributed by atoms with van der Waals surface area (Å²) in [6.07, 6.45) is 13.8. The van der Waals surface area contributed by atoms with Gasteiger partial charge in [-0.15, -0.1) is 0 Å². The molecule has 3 N–H and O–H groups in total. The average molecular weight is 746 g/mol. The van der Waals surface area contributed by atoms with Crippen LogP contribution in [0.1, 0.15) is 110 Å². The van der Waals surface area contributed by atoms with Crippen molar-refractivity contribution in [2.75, 3.05) is 59.4 Å². The summed E-state index contributed by atoms with van der Waals surface area (Å²) in [5.41, 5.74) is 0.892. The Labute approximate surface area is 301 Å². The summed E-state index contributed by atoms with van der Waals surface area (Å²) in [4.78, 5) is 58.7. The number of nitrogens with zero attached hydrogens (tertiary/aromatic N) is 4. The molecule has 0 aliphatic rings. The Kier molecular flexibility index (Phi) is 21.0. The lowest BCUT2D eigenvalue weighted by Gasteiger charge is -2.26. The van der Waals surface area contributed by atoms with E-state index in [1.54, 1.807) is 6.07 Å². The zero-order chi connectivity index (χ0) is 37.5. The highest BCUT2D eigenvalue weighted by Gasteiger charge is 2.31. The topological polar surface area (TPSA) is 206 Å². The first kappa shape index (κ1) is 44.2. The number of aromatic nitrogens is 2. The van der Waals surface area contributed by atoms with Crippen molar-refractivity contribution in [3.63, 3.8) is 0 Å². The molecule has 0 amide bonds. The summed E-state index contributed by atoms with van der Waals surface area (Å²) in [6, 6.07) is 2.97. The number of fused-ring (bicyclic) bond motifs is 1. The highest BCUT2D eigenvalue weighted by atomic mass is 31.2. The van der Waals surface area contributed by atoms with Gasteiger partial charge in [0.25, 0.3) is 4.92 Å². The van der Waals surface area contributed by atoms with Gasteiger partial charge in [0.15, 0.2) is 11.6 Å². The summed E-state index contributed by atoms with van der Waals surface area (Å²) in [6.45, 7) is 2.39. The minimum Gasteiger partial charge on any atom is -0.606 e. The van der Waals surface area contributed by atoms with Crippen LogP contribution in [0.3, 0.4) is 0 Å². The van der Waals surface area contributed by atoms with E-state index in [-0.39, 0.29) is 42.2 Å². The van der Waals surface area contributed by atoms with Gasteiger partial charge in [-0.2, -0.15) is 13.9 Å². The molecule has 0 bridgehead atoms. The first-order valence-corrected chi connectivity index (χ1v) is 19.7. The molecule has 1 unspecified atom stereocenters. The number of quaternary nitrogens is 1. The molecule has 51 heavy (non-hydrogen) atoms. The molecule has 2 atom stereocenters. The number of unbranched alkanes of at least 4 members (excludes halogenated alkanes) is 12. The average Bonchev–Trinajstić information content (AvgIpc) is 3.56. The third-order valence-electron chi connectivity index (χ3n) is 8.13. The smallest absolute Gasteiger partial charge is 0.377 e. The molecule has 1 heterocycles. The van der Waals surface area contributed by atoms with Crippen LogP contribution in [0.15, 0.2) is 16.8 Å². The number of benzene rings is 1. The minimum atomic E-state index is -4.44. The third kappa shape index (κ3) is 20.0. The van der Waals surface area contributed by atoms with Crippen molar-refractivity contribution in [3.8, 4) is 0 Å². The molecular weight excluding hydrogens is 685 g/mol. The predicted octanol–water partition coefficient (Wildman–Crippen LogP) is 5.92.